The molecule has 0 aromatic heterocycles. The maximum absolute atomic E-state index is 12.7. The van der Waals surface area contributed by atoms with Crippen molar-refractivity contribution in [2.45, 2.75) is 48.7 Å². The average molecular weight is 433 g/mol. The zero-order valence-corrected chi connectivity index (χ0v) is 18.2. The fourth-order valence-electron chi connectivity index (χ4n) is 3.05. The van der Waals surface area contributed by atoms with Crippen molar-refractivity contribution in [1.29, 1.82) is 0 Å². The van der Waals surface area contributed by atoms with Crippen molar-refractivity contribution in [2.75, 3.05) is 16.4 Å². The summed E-state index contributed by atoms with van der Waals surface area (Å²) in [7, 11) is -3.66. The van der Waals surface area contributed by atoms with E-state index in [0.717, 1.165) is 16.0 Å². The number of carbonyl (C=O) groups is 2. The molecule has 29 heavy (non-hydrogen) atoms. The molecule has 8 heteroatoms. The first-order valence-electron chi connectivity index (χ1n) is 9.34. The van der Waals surface area contributed by atoms with Gasteiger partial charge in [0.1, 0.15) is 0 Å². The highest BCUT2D eigenvalue weighted by Crippen LogP contribution is 2.36. The molecule has 1 aliphatic rings. The Labute approximate surface area is 175 Å². The van der Waals surface area contributed by atoms with Gasteiger partial charge in [-0.2, -0.15) is 0 Å². The van der Waals surface area contributed by atoms with Crippen LogP contribution in [0.3, 0.4) is 0 Å². The molecule has 0 aliphatic carbocycles. The van der Waals surface area contributed by atoms with Gasteiger partial charge in [0.05, 0.1) is 16.3 Å². The van der Waals surface area contributed by atoms with Crippen molar-refractivity contribution in [3.05, 3.63) is 47.5 Å². The molecule has 0 radical (unpaired) electrons. The van der Waals surface area contributed by atoms with Crippen LogP contribution >= 0.6 is 11.8 Å². The number of fused-ring (bicyclic) bond motifs is 1. The van der Waals surface area contributed by atoms with Crippen LogP contribution in [0.15, 0.2) is 46.2 Å². The molecular formula is C21H24N2O4S2. The number of hydrogen-bond acceptors (Lipinski definition) is 5. The second kappa shape index (κ2) is 8.59. The van der Waals surface area contributed by atoms with E-state index < -0.39 is 9.84 Å². The van der Waals surface area contributed by atoms with Crippen LogP contribution in [0.5, 0.6) is 0 Å². The Bertz CT molecular complexity index is 1060. The van der Waals surface area contributed by atoms with Crippen LogP contribution in [0, 0.1) is 13.8 Å². The third-order valence-electron chi connectivity index (χ3n) is 4.65. The number of hydrogen-bond donors (Lipinski definition) is 2. The summed E-state index contributed by atoms with van der Waals surface area (Å²) >= 11 is 1.54. The van der Waals surface area contributed by atoms with Crippen molar-refractivity contribution >= 4 is 44.8 Å². The summed E-state index contributed by atoms with van der Waals surface area (Å²) in [5.74, 6) is -0.791. The maximum atomic E-state index is 12.7. The molecule has 0 fully saturated rings. The van der Waals surface area contributed by atoms with Gasteiger partial charge < -0.3 is 10.6 Å². The zero-order chi connectivity index (χ0) is 21.2. The molecule has 0 saturated carbocycles. The average Bonchev–Trinajstić information content (AvgIpc) is 2.78. The number of sulfone groups is 1. The summed E-state index contributed by atoms with van der Waals surface area (Å²) < 4.78 is 25.5. The first kappa shape index (κ1) is 21.4. The van der Waals surface area contributed by atoms with Gasteiger partial charge in [-0.3, -0.25) is 9.59 Å². The van der Waals surface area contributed by atoms with Gasteiger partial charge in [0, 0.05) is 28.7 Å². The van der Waals surface area contributed by atoms with E-state index in [-0.39, 0.29) is 34.1 Å². The van der Waals surface area contributed by atoms with Gasteiger partial charge >= 0.3 is 0 Å². The van der Waals surface area contributed by atoms with Crippen LogP contribution in [-0.2, 0) is 19.4 Å². The van der Waals surface area contributed by atoms with Crippen molar-refractivity contribution < 1.29 is 18.0 Å². The standard InChI is InChI=1S/C21H24N2O4S2/c1-13-4-5-14(2)17(10-13)22-20(24)8-9-29(26,27)16-6-7-19-18(12-16)23-21(25)11-15(3)28-19/h4-7,10,12,15H,8-9,11H2,1-3H3,(H,22,24)(H,23,25)/t15-/m0/s1. The molecule has 6 nitrogen and oxygen atoms in total. The lowest BCUT2D eigenvalue weighted by Crippen LogP contribution is -2.18. The van der Waals surface area contributed by atoms with Crippen LogP contribution < -0.4 is 10.6 Å². The molecule has 2 aromatic rings. The number of thioether (sulfide) groups is 1. The molecule has 0 unspecified atom stereocenters. The van der Waals surface area contributed by atoms with Gasteiger partial charge in [0.2, 0.25) is 11.8 Å². The van der Waals surface area contributed by atoms with Crippen LogP contribution in [0.25, 0.3) is 0 Å². The van der Waals surface area contributed by atoms with E-state index in [0.29, 0.717) is 17.8 Å². The fraction of sp³-hybridized carbons (Fsp3) is 0.333. The largest absolute Gasteiger partial charge is 0.326 e. The molecular weight excluding hydrogens is 408 g/mol. The molecule has 2 aromatic carbocycles. The lowest BCUT2D eigenvalue weighted by Gasteiger charge is -2.11. The highest BCUT2D eigenvalue weighted by molar-refractivity contribution is 8.00. The molecule has 0 spiro atoms. The summed E-state index contributed by atoms with van der Waals surface area (Å²) in [6.07, 6.45) is 0.227. The third kappa shape index (κ3) is 5.39. The monoisotopic (exact) mass is 432 g/mol. The van der Waals surface area contributed by atoms with Crippen molar-refractivity contribution in [3.8, 4) is 0 Å². The van der Waals surface area contributed by atoms with Gasteiger partial charge in [-0.15, -0.1) is 11.8 Å². The summed E-state index contributed by atoms with van der Waals surface area (Å²) in [6.45, 7) is 5.77. The SMILES string of the molecule is Cc1ccc(C)c(NC(=O)CCS(=O)(=O)c2ccc3c(c2)NC(=O)C[C@H](C)S3)c1. The van der Waals surface area contributed by atoms with Crippen molar-refractivity contribution in [2.24, 2.45) is 0 Å². The summed E-state index contributed by atoms with van der Waals surface area (Å²) in [5, 5.41) is 5.67. The minimum absolute atomic E-state index is 0.103. The number of anilines is 2. The maximum Gasteiger partial charge on any atom is 0.225 e. The molecule has 1 atom stereocenters. The molecule has 2 N–H and O–H groups in total. The highest BCUT2D eigenvalue weighted by atomic mass is 32.2. The molecule has 3 rings (SSSR count). The molecule has 1 aliphatic heterocycles. The normalized spacial score (nSPS) is 16.5. The molecule has 0 saturated heterocycles. The Kier molecular flexibility index (Phi) is 6.33. The van der Waals surface area contributed by atoms with Gasteiger partial charge in [-0.25, -0.2) is 8.42 Å². The Morgan fingerprint density at radius 2 is 1.97 bits per heavy atom. The van der Waals surface area contributed by atoms with Crippen LogP contribution in [-0.4, -0.2) is 31.2 Å². The lowest BCUT2D eigenvalue weighted by atomic mass is 10.1. The summed E-state index contributed by atoms with van der Waals surface area (Å²) in [5.41, 5.74) is 3.12. The van der Waals surface area contributed by atoms with Crippen molar-refractivity contribution in [1.82, 2.24) is 0 Å². The first-order chi connectivity index (χ1) is 13.6. The Balaban J connectivity index is 1.70. The lowest BCUT2D eigenvalue weighted by molar-refractivity contribution is -0.116. The Morgan fingerprint density at radius 1 is 1.21 bits per heavy atom. The summed E-state index contributed by atoms with van der Waals surface area (Å²) in [6, 6.07) is 10.4. The zero-order valence-electron chi connectivity index (χ0n) is 16.6. The molecule has 1 heterocycles. The molecule has 154 valence electrons. The fourth-order valence-corrected chi connectivity index (χ4v) is 5.37. The number of nitrogens with one attached hydrogen (secondary N) is 2. The number of rotatable bonds is 5. The molecule has 2 amide bonds. The predicted octanol–water partition coefficient (Wildman–Crippen LogP) is 3.93. The number of benzene rings is 2. The van der Waals surface area contributed by atoms with Crippen LogP contribution in [0.1, 0.15) is 30.9 Å². The number of aryl methyl sites for hydroxylation is 2. The van der Waals surface area contributed by atoms with Crippen molar-refractivity contribution in [3.63, 3.8) is 0 Å². The van der Waals surface area contributed by atoms with Gasteiger partial charge in [0.15, 0.2) is 9.84 Å². The second-order valence-electron chi connectivity index (χ2n) is 7.27. The Morgan fingerprint density at radius 3 is 2.72 bits per heavy atom. The molecule has 0 bridgehead atoms. The van der Waals surface area contributed by atoms with Gasteiger partial charge in [-0.1, -0.05) is 19.1 Å². The third-order valence-corrected chi connectivity index (χ3v) is 7.54. The minimum atomic E-state index is -3.66. The second-order valence-corrected chi connectivity index (χ2v) is 10.9. The van der Waals surface area contributed by atoms with E-state index in [4.69, 9.17) is 0 Å². The highest BCUT2D eigenvalue weighted by Gasteiger charge is 2.23. The van der Waals surface area contributed by atoms with Gasteiger partial charge in [0.25, 0.3) is 0 Å². The topological polar surface area (TPSA) is 92.3 Å². The number of amides is 2. The van der Waals surface area contributed by atoms with Crippen LogP contribution in [0.4, 0.5) is 11.4 Å². The quantitative estimate of drug-likeness (QED) is 0.747. The summed E-state index contributed by atoms with van der Waals surface area (Å²) in [4.78, 5) is 25.2. The van der Waals surface area contributed by atoms with E-state index in [1.165, 1.54) is 23.9 Å². The van der Waals surface area contributed by atoms with E-state index >= 15 is 0 Å². The van der Waals surface area contributed by atoms with E-state index in [9.17, 15) is 18.0 Å². The van der Waals surface area contributed by atoms with Gasteiger partial charge in [-0.05, 0) is 49.2 Å². The predicted molar refractivity (Wildman–Crippen MR) is 116 cm³/mol. The first-order valence-corrected chi connectivity index (χ1v) is 11.9. The van der Waals surface area contributed by atoms with E-state index in [2.05, 4.69) is 10.6 Å². The smallest absolute Gasteiger partial charge is 0.225 e. The Hall–Kier alpha value is -2.32. The van der Waals surface area contributed by atoms with Crippen LogP contribution in [0.2, 0.25) is 0 Å². The van der Waals surface area contributed by atoms with E-state index in [1.807, 2.05) is 39.0 Å². The van der Waals surface area contributed by atoms with E-state index in [1.54, 1.807) is 6.07 Å². The number of carbonyl (C=O) groups excluding carboxylic acids is 2. The minimum Gasteiger partial charge on any atom is -0.326 e.